The van der Waals surface area contributed by atoms with E-state index >= 15 is 0 Å². The number of hydrogen-bond donors (Lipinski definition) is 0. The number of rotatable bonds is 6. The molecule has 2 heterocycles. The van der Waals surface area contributed by atoms with Gasteiger partial charge in [0.1, 0.15) is 22.7 Å². The van der Waals surface area contributed by atoms with Crippen molar-refractivity contribution < 1.29 is 14.3 Å². The molecular weight excluding hydrogens is 600 g/mol. The number of thiazole rings is 1. The van der Waals surface area contributed by atoms with E-state index in [4.69, 9.17) is 16.3 Å². The molecule has 0 bridgehead atoms. The second-order valence-corrected chi connectivity index (χ2v) is 13.3. The lowest BCUT2D eigenvalue weighted by molar-refractivity contribution is -0.133. The van der Waals surface area contributed by atoms with Crippen LogP contribution in [-0.2, 0) is 16.1 Å². The van der Waals surface area contributed by atoms with Crippen LogP contribution in [0, 0.1) is 11.3 Å². The smallest absolute Gasteiger partial charge is 0.269 e. The Balaban J connectivity index is 1.79. The Morgan fingerprint density at radius 1 is 1.21 bits per heavy atom. The van der Waals surface area contributed by atoms with Crippen LogP contribution in [0.25, 0.3) is 12.2 Å². The summed E-state index contributed by atoms with van der Waals surface area (Å²) in [4.78, 5) is 41.6. The third-order valence-electron chi connectivity index (χ3n) is 6.52. The van der Waals surface area contributed by atoms with E-state index in [9.17, 15) is 14.4 Å². The maximum atomic E-state index is 13.7. The lowest BCUT2D eigenvalue weighted by atomic mass is 9.91. The minimum absolute atomic E-state index is 0.106. The molecular formula is C30H32BrClN2O4S. The van der Waals surface area contributed by atoms with Crippen molar-refractivity contribution in [3.63, 3.8) is 0 Å². The van der Waals surface area contributed by atoms with Gasteiger partial charge in [0, 0.05) is 39.6 Å². The normalized spacial score (nSPS) is 17.0. The first-order chi connectivity index (χ1) is 18.4. The maximum Gasteiger partial charge on any atom is 0.269 e. The lowest BCUT2D eigenvalue weighted by Crippen LogP contribution is -2.44. The molecule has 1 fully saturated rings. The molecule has 1 unspecified atom stereocenters. The van der Waals surface area contributed by atoms with Gasteiger partial charge in [0.2, 0.25) is 5.91 Å². The van der Waals surface area contributed by atoms with E-state index in [1.54, 1.807) is 30.3 Å². The molecule has 0 radical (unpaired) electrons. The molecule has 6 nitrogen and oxygen atoms in total. The standard InChI is InChI=1S/C30H32BrClN2O4S/c1-19-7-6-12-33(17-19)27(36)18-34-28(16-26(35)30(2,3)4)39-25(29(34)37)13-20-10-11-21(31)14-24(20)38-23-9-5-8-22(32)15-23/h5,8-11,13-16,19H,6-7,12,17-18H2,1-4H3/b25-13+,28-16+. The zero-order valence-electron chi connectivity index (χ0n) is 22.5. The fourth-order valence-electron chi connectivity index (χ4n) is 4.29. The molecule has 1 atom stereocenters. The molecule has 1 aliphatic rings. The average Bonchev–Trinajstić information content (AvgIpc) is 3.14. The summed E-state index contributed by atoms with van der Waals surface area (Å²) in [6.07, 6.45) is 5.26. The highest BCUT2D eigenvalue weighted by Crippen LogP contribution is 2.30. The summed E-state index contributed by atoms with van der Waals surface area (Å²) in [5, 5.41) is 0.547. The first-order valence-corrected chi connectivity index (χ1v) is 14.9. The Morgan fingerprint density at radius 2 is 1.97 bits per heavy atom. The van der Waals surface area contributed by atoms with Gasteiger partial charge >= 0.3 is 0 Å². The number of nitrogens with zero attached hydrogens (tertiary/aromatic N) is 2. The van der Waals surface area contributed by atoms with Crippen LogP contribution in [0.3, 0.4) is 0 Å². The van der Waals surface area contributed by atoms with E-state index in [0.29, 0.717) is 50.3 Å². The molecule has 206 valence electrons. The zero-order chi connectivity index (χ0) is 28.3. The molecule has 3 aromatic rings. The van der Waals surface area contributed by atoms with Crippen molar-refractivity contribution in [2.24, 2.45) is 11.3 Å². The van der Waals surface area contributed by atoms with Crippen LogP contribution in [0.2, 0.25) is 5.02 Å². The molecule has 1 amide bonds. The van der Waals surface area contributed by atoms with Crippen LogP contribution in [0.5, 0.6) is 11.5 Å². The maximum absolute atomic E-state index is 13.7. The lowest BCUT2D eigenvalue weighted by Gasteiger charge is -2.31. The molecule has 2 aromatic carbocycles. The van der Waals surface area contributed by atoms with Gasteiger partial charge in [-0.3, -0.25) is 19.0 Å². The fraction of sp³-hybridized carbons (Fsp3) is 0.367. The van der Waals surface area contributed by atoms with Crippen LogP contribution >= 0.6 is 38.9 Å². The number of ketones is 1. The number of carbonyl (C=O) groups excluding carboxylic acids is 2. The third-order valence-corrected chi connectivity index (χ3v) is 8.31. The van der Waals surface area contributed by atoms with Crippen molar-refractivity contribution in [3.8, 4) is 11.5 Å². The number of hydrogen-bond acceptors (Lipinski definition) is 5. The Bertz CT molecular complexity index is 1570. The first kappa shape index (κ1) is 29.3. The van der Waals surface area contributed by atoms with E-state index in [0.717, 1.165) is 17.3 Å². The van der Waals surface area contributed by atoms with Crippen molar-refractivity contribution in [2.75, 3.05) is 13.1 Å². The number of carbonyl (C=O) groups is 2. The Kier molecular flexibility index (Phi) is 9.19. The quantitative estimate of drug-likeness (QED) is 0.355. The molecule has 0 N–H and O–H groups in total. The van der Waals surface area contributed by atoms with Gasteiger partial charge in [0.25, 0.3) is 5.56 Å². The number of ether oxygens (including phenoxy) is 1. The number of piperidine rings is 1. The summed E-state index contributed by atoms with van der Waals surface area (Å²) in [6, 6.07) is 12.6. The molecule has 1 aromatic heterocycles. The van der Waals surface area contributed by atoms with E-state index in [-0.39, 0.29) is 23.8 Å². The van der Waals surface area contributed by atoms with E-state index in [2.05, 4.69) is 22.9 Å². The van der Waals surface area contributed by atoms with Gasteiger partial charge < -0.3 is 9.64 Å². The largest absolute Gasteiger partial charge is 0.457 e. The van der Waals surface area contributed by atoms with Crippen molar-refractivity contribution >= 4 is 62.7 Å². The van der Waals surface area contributed by atoms with Crippen LogP contribution in [0.4, 0.5) is 0 Å². The van der Waals surface area contributed by atoms with Crippen LogP contribution in [-0.4, -0.2) is 34.2 Å². The molecule has 4 rings (SSSR count). The van der Waals surface area contributed by atoms with Gasteiger partial charge in [-0.1, -0.05) is 67.4 Å². The van der Waals surface area contributed by atoms with Crippen molar-refractivity contribution in [3.05, 3.63) is 77.1 Å². The highest BCUT2D eigenvalue weighted by molar-refractivity contribution is 9.10. The number of Topliss-reactive ketones (excluding diaryl/α,β-unsaturated/α-hetero) is 1. The average molecular weight is 632 g/mol. The highest BCUT2D eigenvalue weighted by atomic mass is 79.9. The Hall–Kier alpha value is -2.68. The number of likely N-dealkylation sites (tertiary alicyclic amines) is 1. The summed E-state index contributed by atoms with van der Waals surface area (Å²) < 4.78 is 9.21. The topological polar surface area (TPSA) is 68.6 Å². The predicted octanol–water partition coefficient (Wildman–Crippen LogP) is 5.60. The Morgan fingerprint density at radius 3 is 2.67 bits per heavy atom. The minimum atomic E-state index is -0.620. The van der Waals surface area contributed by atoms with Crippen LogP contribution in [0.1, 0.15) is 46.1 Å². The van der Waals surface area contributed by atoms with E-state index < -0.39 is 5.41 Å². The van der Waals surface area contributed by atoms with Gasteiger partial charge in [0.15, 0.2) is 5.78 Å². The predicted molar refractivity (Wildman–Crippen MR) is 161 cm³/mol. The summed E-state index contributed by atoms with van der Waals surface area (Å²) in [5.41, 5.74) is -0.262. The van der Waals surface area contributed by atoms with Gasteiger partial charge in [-0.15, -0.1) is 11.3 Å². The first-order valence-electron chi connectivity index (χ1n) is 12.9. The fourth-order valence-corrected chi connectivity index (χ4v) is 5.84. The molecule has 0 aliphatic carbocycles. The number of halogens is 2. The number of amides is 1. The molecule has 0 spiro atoms. The summed E-state index contributed by atoms with van der Waals surface area (Å²) in [6.45, 7) is 8.88. The van der Waals surface area contributed by atoms with Gasteiger partial charge in [-0.25, -0.2) is 0 Å². The highest BCUT2D eigenvalue weighted by Gasteiger charge is 2.23. The van der Waals surface area contributed by atoms with Gasteiger partial charge in [-0.05, 0) is 55.2 Å². The molecule has 39 heavy (non-hydrogen) atoms. The minimum Gasteiger partial charge on any atom is -0.457 e. The van der Waals surface area contributed by atoms with Crippen molar-refractivity contribution in [2.45, 2.75) is 47.1 Å². The van der Waals surface area contributed by atoms with Crippen molar-refractivity contribution in [1.82, 2.24) is 9.47 Å². The number of benzene rings is 2. The summed E-state index contributed by atoms with van der Waals surface area (Å²) in [5.74, 6) is 1.29. The monoisotopic (exact) mass is 630 g/mol. The SMILES string of the molecule is CC1CCCN(C(=O)Cn2c(=O)/c(=C\c3ccc(Br)cc3Oc3cccc(Cl)c3)s/c2=C/C(=O)C(C)(C)C)C1. The second kappa shape index (κ2) is 12.2. The van der Waals surface area contributed by atoms with E-state index in [1.165, 1.54) is 22.0 Å². The van der Waals surface area contributed by atoms with Gasteiger partial charge in [-0.2, -0.15) is 0 Å². The molecule has 1 saturated heterocycles. The van der Waals surface area contributed by atoms with E-state index in [1.807, 2.05) is 43.9 Å². The zero-order valence-corrected chi connectivity index (χ0v) is 25.7. The summed E-state index contributed by atoms with van der Waals surface area (Å²) >= 11 is 10.8. The number of aromatic nitrogens is 1. The Labute approximate surface area is 245 Å². The summed E-state index contributed by atoms with van der Waals surface area (Å²) in [7, 11) is 0. The van der Waals surface area contributed by atoms with Crippen LogP contribution in [0.15, 0.2) is 51.7 Å². The molecule has 9 heteroatoms. The van der Waals surface area contributed by atoms with Crippen LogP contribution < -0.4 is 19.5 Å². The molecule has 1 aliphatic heterocycles. The third kappa shape index (κ3) is 7.50. The molecule has 0 saturated carbocycles. The van der Waals surface area contributed by atoms with Crippen molar-refractivity contribution in [1.29, 1.82) is 0 Å². The second-order valence-electron chi connectivity index (χ2n) is 10.9. The van der Waals surface area contributed by atoms with Gasteiger partial charge in [0.05, 0.1) is 4.53 Å².